The van der Waals surface area contributed by atoms with Crippen molar-refractivity contribution in [3.05, 3.63) is 96.1 Å². The van der Waals surface area contributed by atoms with E-state index in [-0.39, 0.29) is 73.1 Å². The molecular weight excluding hydrogens is 1100 g/mol. The average Bonchev–Trinajstić information content (AvgIpc) is 3.38. The van der Waals surface area contributed by atoms with Gasteiger partial charge in [-0.15, -0.1) is 11.6 Å². The molecular formula is C61H77ClN8O14. The molecule has 2 unspecified atom stereocenters. The van der Waals surface area contributed by atoms with Gasteiger partial charge < -0.3 is 69.1 Å². The molecule has 4 aliphatic rings. The van der Waals surface area contributed by atoms with Gasteiger partial charge in [-0.05, 0) is 114 Å². The summed E-state index contributed by atoms with van der Waals surface area (Å²) in [6, 6.07) is 17.3. The first-order chi connectivity index (χ1) is 40.4. The summed E-state index contributed by atoms with van der Waals surface area (Å²) in [4.78, 5) is 102. The topological polar surface area (TPSA) is 247 Å². The summed E-state index contributed by atoms with van der Waals surface area (Å²) in [6.07, 6.45) is 1.42. The molecule has 0 spiro atoms. The largest absolute Gasteiger partial charge is 0.493 e. The van der Waals surface area contributed by atoms with Crippen molar-refractivity contribution in [1.82, 2.24) is 25.3 Å². The number of anilines is 3. The minimum atomic E-state index is -1.47. The Morgan fingerprint density at radius 3 is 2.30 bits per heavy atom. The summed E-state index contributed by atoms with van der Waals surface area (Å²) >= 11 is 6.55. The first kappa shape index (κ1) is 62.2. The standard InChI is InChI=1S/C61H77ClN8O14/c1-7-31-81-58(76)65-45(18-12-13-25-63-57(75)84-61(2,3)4)54(72)64-41-23-21-39(22-24-41)38-82-60(78)70-47-34-51(50(79-6)33-44(47)55(73)68-26-15-19-46(68)56(70)74)80-32-14-8-9-20-52(71)69-37-40(36-62)53-43-17-11-10-16-42(43)49(35-48(53)69)83-59(77)67-29-27-66(5)28-30-67/h7,10-11,16-17,21-24,33-35,40,45-46,56,74H,1,8-9,12-15,18-20,25-32,36-38H2,2-6H3,(H,63,75)(H,64,72)(H,65,76)/t40-,45?,46+,56?/m1/s1. The number of alkyl halides is 1. The van der Waals surface area contributed by atoms with E-state index in [1.165, 1.54) is 25.3 Å². The van der Waals surface area contributed by atoms with Crippen LogP contribution >= 0.6 is 11.6 Å². The zero-order valence-corrected chi connectivity index (χ0v) is 49.2. The lowest BCUT2D eigenvalue weighted by Gasteiger charge is -2.31. The third-order valence-corrected chi connectivity index (χ3v) is 15.5. The van der Waals surface area contributed by atoms with E-state index in [0.717, 1.165) is 34.3 Å². The van der Waals surface area contributed by atoms with Crippen molar-refractivity contribution in [2.45, 2.75) is 115 Å². The molecule has 0 aliphatic carbocycles. The highest BCUT2D eigenvalue weighted by Crippen LogP contribution is 2.46. The summed E-state index contributed by atoms with van der Waals surface area (Å²) < 4.78 is 34.2. The van der Waals surface area contributed by atoms with Gasteiger partial charge in [0.25, 0.3) is 5.91 Å². The molecule has 2 saturated heterocycles. The third-order valence-electron chi connectivity index (χ3n) is 15.1. The molecule has 4 aromatic carbocycles. The van der Waals surface area contributed by atoms with Crippen LogP contribution in [-0.4, -0.2) is 165 Å². The van der Waals surface area contributed by atoms with E-state index in [2.05, 4.69) is 27.4 Å². The summed E-state index contributed by atoms with van der Waals surface area (Å²) in [7, 11) is 3.46. The van der Waals surface area contributed by atoms with E-state index in [1.54, 1.807) is 65.8 Å². The number of ether oxygens (including phenoxy) is 6. The fraction of sp³-hybridized carbons (Fsp3) is 0.492. The minimum absolute atomic E-state index is 0.0558. The van der Waals surface area contributed by atoms with Gasteiger partial charge in [-0.1, -0.05) is 49.1 Å². The third kappa shape index (κ3) is 15.5. The number of aliphatic hydroxyl groups excluding tert-OH is 1. The Hall–Kier alpha value is -7.82. The molecule has 4 N–H and O–H groups in total. The number of hydrogen-bond acceptors (Lipinski definition) is 15. The number of aliphatic hydroxyl groups is 1. The Bertz CT molecular complexity index is 3040. The molecule has 84 heavy (non-hydrogen) atoms. The Labute approximate surface area is 494 Å². The van der Waals surface area contributed by atoms with Crippen LogP contribution in [0.15, 0.2) is 79.4 Å². The fourth-order valence-corrected chi connectivity index (χ4v) is 11.0. The van der Waals surface area contributed by atoms with Crippen LogP contribution in [-0.2, 0) is 30.4 Å². The lowest BCUT2D eigenvalue weighted by Crippen LogP contribution is -2.50. The summed E-state index contributed by atoms with van der Waals surface area (Å²) in [5, 5.41) is 21.6. The number of nitrogens with one attached hydrogen (secondary N) is 3. The molecule has 4 aliphatic heterocycles. The molecule has 22 nitrogen and oxygen atoms in total. The SMILES string of the molecule is C=CCOC(=O)NC(CCCCNC(=O)OC(C)(C)C)C(=O)Nc1ccc(COC(=O)N2c3cc(OCCCCCC(=O)N4C[C@@H](CCl)c5c4cc(OC(=O)N4CCN(C)CC4)c4ccccc54)c(OC)cc3C(=O)N3CCC[C@H]3C2O)cc1. The van der Waals surface area contributed by atoms with Crippen molar-refractivity contribution in [3.8, 4) is 17.2 Å². The molecule has 8 rings (SSSR count). The van der Waals surface area contributed by atoms with Gasteiger partial charge in [0.15, 0.2) is 17.7 Å². The number of amides is 7. The molecule has 0 aromatic heterocycles. The quantitative estimate of drug-likeness (QED) is 0.0248. The van der Waals surface area contributed by atoms with Gasteiger partial charge in [0.2, 0.25) is 11.8 Å². The molecule has 2 fully saturated rings. The van der Waals surface area contributed by atoms with Crippen LogP contribution in [0.3, 0.4) is 0 Å². The van der Waals surface area contributed by atoms with E-state index < -0.39 is 54.2 Å². The summed E-state index contributed by atoms with van der Waals surface area (Å²) in [5.74, 6) is 0.0657. The van der Waals surface area contributed by atoms with Crippen LogP contribution in [0.4, 0.5) is 36.2 Å². The molecule has 4 heterocycles. The van der Waals surface area contributed by atoms with Crippen molar-refractivity contribution < 1.29 is 67.1 Å². The Kier molecular flexibility index (Phi) is 21.2. The second kappa shape index (κ2) is 28.6. The lowest BCUT2D eigenvalue weighted by molar-refractivity contribution is -0.119. The maximum atomic E-state index is 14.2. The van der Waals surface area contributed by atoms with Crippen molar-refractivity contribution >= 4 is 81.5 Å². The molecule has 23 heteroatoms. The van der Waals surface area contributed by atoms with Crippen molar-refractivity contribution in [2.75, 3.05) is 94.2 Å². The van der Waals surface area contributed by atoms with Gasteiger partial charge in [0.05, 0.1) is 36.7 Å². The first-order valence-corrected chi connectivity index (χ1v) is 29.2. The number of piperazine rings is 1. The van der Waals surface area contributed by atoms with Crippen LogP contribution in [0.2, 0.25) is 0 Å². The Balaban J connectivity index is 0.877. The smallest absolute Gasteiger partial charge is 0.416 e. The number of carbonyl (C=O) groups excluding carboxylic acids is 7. The average molecular weight is 1180 g/mol. The number of nitrogens with zero attached hydrogens (tertiary/aromatic N) is 5. The monoisotopic (exact) mass is 1180 g/mol. The van der Waals surface area contributed by atoms with E-state index in [0.29, 0.717) is 106 Å². The van der Waals surface area contributed by atoms with E-state index in [9.17, 15) is 38.7 Å². The highest BCUT2D eigenvalue weighted by atomic mass is 35.5. The number of unbranched alkanes of at least 4 members (excludes halogenated alkanes) is 3. The van der Waals surface area contributed by atoms with Crippen LogP contribution in [0.5, 0.6) is 17.2 Å². The van der Waals surface area contributed by atoms with Crippen molar-refractivity contribution in [2.24, 2.45) is 0 Å². The number of halogens is 1. The highest BCUT2D eigenvalue weighted by Gasteiger charge is 2.45. The van der Waals surface area contributed by atoms with Crippen LogP contribution in [0.25, 0.3) is 10.8 Å². The van der Waals surface area contributed by atoms with Gasteiger partial charge in [-0.3, -0.25) is 14.4 Å². The molecule has 452 valence electrons. The number of fused-ring (bicyclic) bond motifs is 5. The molecule has 7 amide bonds. The highest BCUT2D eigenvalue weighted by molar-refractivity contribution is 6.19. The second-order valence-corrected chi connectivity index (χ2v) is 22.6. The lowest BCUT2D eigenvalue weighted by atomic mass is 9.95. The second-order valence-electron chi connectivity index (χ2n) is 22.3. The first-order valence-electron chi connectivity index (χ1n) is 28.7. The van der Waals surface area contributed by atoms with Gasteiger partial charge in [-0.25, -0.2) is 24.1 Å². The zero-order valence-electron chi connectivity index (χ0n) is 48.5. The summed E-state index contributed by atoms with van der Waals surface area (Å²) in [5.41, 5.74) is 2.11. The van der Waals surface area contributed by atoms with Crippen LogP contribution in [0, 0.1) is 0 Å². The van der Waals surface area contributed by atoms with Gasteiger partial charge in [-0.2, -0.15) is 0 Å². The number of hydrogen-bond donors (Lipinski definition) is 4. The Morgan fingerprint density at radius 2 is 1.58 bits per heavy atom. The normalized spacial score (nSPS) is 17.9. The fourth-order valence-electron chi connectivity index (χ4n) is 10.8. The Morgan fingerprint density at radius 1 is 0.845 bits per heavy atom. The molecule has 0 saturated carbocycles. The number of rotatable bonds is 22. The van der Waals surface area contributed by atoms with Gasteiger partial charge in [0, 0.05) is 87.2 Å². The van der Waals surface area contributed by atoms with Crippen LogP contribution < -0.4 is 40.0 Å². The van der Waals surface area contributed by atoms with E-state index in [1.807, 2.05) is 31.3 Å². The van der Waals surface area contributed by atoms with Gasteiger partial charge in [0.1, 0.15) is 30.6 Å². The van der Waals surface area contributed by atoms with Crippen molar-refractivity contribution in [1.29, 1.82) is 0 Å². The zero-order chi connectivity index (χ0) is 60.1. The number of carbonyl (C=O) groups is 7. The number of benzene rings is 4. The number of alkyl carbamates (subject to hydrolysis) is 2. The minimum Gasteiger partial charge on any atom is -0.493 e. The predicted molar refractivity (Wildman–Crippen MR) is 316 cm³/mol. The molecule has 4 atom stereocenters. The molecule has 0 radical (unpaired) electrons. The summed E-state index contributed by atoms with van der Waals surface area (Å²) in [6.45, 7) is 12.4. The number of methoxy groups -OCH3 is 1. The predicted octanol–water partition coefficient (Wildman–Crippen LogP) is 8.90. The molecule has 4 aromatic rings. The van der Waals surface area contributed by atoms with Crippen molar-refractivity contribution in [3.63, 3.8) is 0 Å². The van der Waals surface area contributed by atoms with E-state index >= 15 is 0 Å². The number of likely N-dealkylation sites (N-methyl/N-ethyl adjacent to an activating group) is 1. The van der Waals surface area contributed by atoms with Gasteiger partial charge >= 0.3 is 24.4 Å². The maximum absolute atomic E-state index is 14.2. The molecule has 0 bridgehead atoms. The maximum Gasteiger partial charge on any atom is 0.416 e. The van der Waals surface area contributed by atoms with Crippen LogP contribution in [0.1, 0.15) is 106 Å². The van der Waals surface area contributed by atoms with E-state index in [4.69, 9.17) is 40.0 Å².